The quantitative estimate of drug-likeness (QED) is 0.783. The van der Waals surface area contributed by atoms with Gasteiger partial charge in [-0.3, -0.25) is 0 Å². The van der Waals surface area contributed by atoms with Gasteiger partial charge in [0.25, 0.3) is 0 Å². The van der Waals surface area contributed by atoms with Crippen molar-refractivity contribution in [2.75, 3.05) is 0 Å². The molecule has 0 radical (unpaired) electrons. The fraction of sp³-hybridized carbons (Fsp3) is 0.538. The lowest BCUT2D eigenvalue weighted by atomic mass is 10.1. The van der Waals surface area contributed by atoms with Gasteiger partial charge in [0.2, 0.25) is 0 Å². The number of phenols is 1. The van der Waals surface area contributed by atoms with E-state index in [0.29, 0.717) is 5.75 Å². The van der Waals surface area contributed by atoms with Gasteiger partial charge in [0.15, 0.2) is 7.83 Å². The Balaban J connectivity index is 2.18. The fourth-order valence-electron chi connectivity index (χ4n) is 2.29. The van der Waals surface area contributed by atoms with E-state index in [-0.39, 0.29) is 6.10 Å². The molecule has 2 nitrogen and oxygen atoms in total. The van der Waals surface area contributed by atoms with Crippen LogP contribution >= 0.6 is 0 Å². The fourth-order valence-corrected chi connectivity index (χ4v) is 8.78. The predicted octanol–water partition coefficient (Wildman–Crippen LogP) is 3.85. The van der Waals surface area contributed by atoms with Crippen LogP contribution in [0.15, 0.2) is 24.3 Å². The number of hydrogen-bond donors (Lipinski definition) is 1. The smallest absolute Gasteiger partial charge is 0.174 e. The summed E-state index contributed by atoms with van der Waals surface area (Å²) in [4.78, 5) is 0. The average Bonchev–Trinajstić information content (AvgIpc) is 2.23. The van der Waals surface area contributed by atoms with E-state index in [1.54, 1.807) is 12.1 Å². The molecule has 0 aliphatic carbocycles. The van der Waals surface area contributed by atoms with Crippen LogP contribution in [-0.4, -0.2) is 20.5 Å². The number of rotatable bonds is 1. The summed E-state index contributed by atoms with van der Waals surface area (Å²) in [5.41, 5.74) is 1.22. The molecule has 0 spiro atoms. The van der Waals surface area contributed by atoms with Gasteiger partial charge < -0.3 is 9.53 Å². The van der Waals surface area contributed by atoms with Crippen LogP contribution in [-0.2, 0) is 4.43 Å². The third-order valence-corrected chi connectivity index (χ3v) is 20.9. The lowest BCUT2D eigenvalue weighted by molar-refractivity contribution is 0.189. The maximum absolute atomic E-state index is 9.32. The molecule has 94 valence electrons. The van der Waals surface area contributed by atoms with Crippen LogP contribution in [0.5, 0.6) is 5.75 Å². The first kappa shape index (κ1) is 12.9. The topological polar surface area (TPSA) is 29.5 Å². The maximum atomic E-state index is 9.32. The zero-order valence-corrected chi connectivity index (χ0v) is 13.2. The van der Waals surface area contributed by atoms with E-state index in [1.165, 1.54) is 11.6 Å². The van der Waals surface area contributed by atoms with Crippen molar-refractivity contribution < 1.29 is 9.53 Å². The van der Waals surface area contributed by atoms with E-state index in [4.69, 9.17) is 4.43 Å². The summed E-state index contributed by atoms with van der Waals surface area (Å²) in [6.07, 6.45) is 1.39. The second-order valence-corrected chi connectivity index (χ2v) is 21.3. The zero-order chi connectivity index (χ0) is 12.7. The molecule has 1 fully saturated rings. The summed E-state index contributed by atoms with van der Waals surface area (Å²) < 4.78 is 6.43. The average molecular weight is 266 g/mol. The minimum Gasteiger partial charge on any atom is -0.508 e. The van der Waals surface area contributed by atoms with E-state index in [0.717, 1.165) is 6.42 Å². The van der Waals surface area contributed by atoms with Crippen LogP contribution in [0.3, 0.4) is 0 Å². The normalized spacial score (nSPS) is 26.7. The maximum Gasteiger partial charge on any atom is 0.174 e. The van der Waals surface area contributed by atoms with E-state index in [2.05, 4.69) is 26.2 Å². The summed E-state index contributed by atoms with van der Waals surface area (Å²) in [5.74, 6) is 0.329. The molecule has 0 saturated carbocycles. The molecule has 2 rings (SSSR count). The Kier molecular flexibility index (Phi) is 3.22. The molecule has 1 aliphatic heterocycles. The number of benzene rings is 1. The minimum atomic E-state index is -1.50. The molecule has 1 atom stereocenters. The molecule has 0 amide bonds. The molecule has 17 heavy (non-hydrogen) atoms. The van der Waals surface area contributed by atoms with Gasteiger partial charge in [-0.05, 0) is 37.2 Å². The highest BCUT2D eigenvalue weighted by atomic mass is 29.3. The molecule has 1 aromatic rings. The van der Waals surface area contributed by atoms with Gasteiger partial charge in [-0.1, -0.05) is 31.3 Å². The lowest BCUT2D eigenvalue weighted by Gasteiger charge is -2.45. The Labute approximate surface area is 106 Å². The van der Waals surface area contributed by atoms with Crippen molar-refractivity contribution in [3.8, 4) is 5.75 Å². The summed E-state index contributed by atoms with van der Waals surface area (Å²) >= 11 is 0. The first-order valence-electron chi connectivity index (χ1n) is 6.29. The third kappa shape index (κ3) is 2.48. The molecule has 1 heterocycles. The van der Waals surface area contributed by atoms with E-state index < -0.39 is 15.4 Å². The van der Waals surface area contributed by atoms with Crippen molar-refractivity contribution in [3.05, 3.63) is 29.8 Å². The predicted molar refractivity (Wildman–Crippen MR) is 76.3 cm³/mol. The van der Waals surface area contributed by atoms with E-state index in [1.807, 2.05) is 12.1 Å². The van der Waals surface area contributed by atoms with Gasteiger partial charge in [-0.15, -0.1) is 0 Å². The molecule has 1 N–H and O–H groups in total. The van der Waals surface area contributed by atoms with Crippen LogP contribution in [0, 0.1) is 0 Å². The van der Waals surface area contributed by atoms with Crippen molar-refractivity contribution in [3.63, 3.8) is 0 Å². The highest BCUT2D eigenvalue weighted by Crippen LogP contribution is 2.40. The van der Waals surface area contributed by atoms with Crippen LogP contribution in [0.1, 0.15) is 18.1 Å². The molecular formula is C13H22O2Si2. The van der Waals surface area contributed by atoms with Gasteiger partial charge in [0.1, 0.15) is 5.75 Å². The van der Waals surface area contributed by atoms with Gasteiger partial charge in [-0.2, -0.15) is 0 Å². The zero-order valence-electron chi connectivity index (χ0n) is 11.2. The van der Waals surface area contributed by atoms with E-state index in [9.17, 15) is 5.11 Å². The van der Waals surface area contributed by atoms with Crippen molar-refractivity contribution in [2.24, 2.45) is 0 Å². The second kappa shape index (κ2) is 4.26. The largest absolute Gasteiger partial charge is 0.508 e. The number of hydrogen-bond acceptors (Lipinski definition) is 2. The van der Waals surface area contributed by atoms with Gasteiger partial charge in [-0.25, -0.2) is 0 Å². The molecule has 1 unspecified atom stereocenters. The Morgan fingerprint density at radius 3 is 2.24 bits per heavy atom. The SMILES string of the molecule is C[Si]1(C)CCC(c2ccc(O)cc2)O[Si]1(C)C. The Bertz CT molecular complexity index is 398. The first-order valence-corrected chi connectivity index (χ1v) is 13.4. The molecule has 1 aliphatic rings. The Morgan fingerprint density at radius 2 is 1.71 bits per heavy atom. The van der Waals surface area contributed by atoms with Gasteiger partial charge >= 0.3 is 0 Å². The van der Waals surface area contributed by atoms with Crippen molar-refractivity contribution in [1.82, 2.24) is 0 Å². The summed E-state index contributed by atoms with van der Waals surface area (Å²) in [5, 5.41) is 9.32. The van der Waals surface area contributed by atoms with Crippen LogP contribution in [0.4, 0.5) is 0 Å². The summed E-state index contributed by atoms with van der Waals surface area (Å²) in [7, 11) is -2.64. The van der Waals surface area contributed by atoms with Crippen LogP contribution in [0.25, 0.3) is 0 Å². The summed E-state index contributed by atoms with van der Waals surface area (Å²) in [6.45, 7) is 9.66. The molecular weight excluding hydrogens is 244 g/mol. The minimum absolute atomic E-state index is 0.248. The summed E-state index contributed by atoms with van der Waals surface area (Å²) in [6, 6.07) is 8.85. The molecule has 1 aromatic carbocycles. The lowest BCUT2D eigenvalue weighted by Crippen LogP contribution is -2.60. The monoisotopic (exact) mass is 266 g/mol. The molecule has 0 aromatic heterocycles. The van der Waals surface area contributed by atoms with Gasteiger partial charge in [0.05, 0.1) is 13.7 Å². The Hall–Kier alpha value is -0.586. The number of aromatic hydroxyl groups is 1. The van der Waals surface area contributed by atoms with E-state index >= 15 is 0 Å². The van der Waals surface area contributed by atoms with Crippen LogP contribution < -0.4 is 0 Å². The third-order valence-electron chi connectivity index (χ3n) is 4.36. The highest BCUT2D eigenvalue weighted by Gasteiger charge is 2.47. The molecule has 1 saturated heterocycles. The standard InChI is InChI=1S/C13H22O2Si2/c1-16(2)10-9-13(15-17(16,3)4)11-5-7-12(14)8-6-11/h5-8,13-14H,9-10H2,1-4H3. The van der Waals surface area contributed by atoms with Crippen molar-refractivity contribution in [2.45, 2.75) is 44.8 Å². The molecule has 0 bridgehead atoms. The number of phenolic OH excluding ortho intramolecular Hbond substituents is 1. The second-order valence-electron chi connectivity index (χ2n) is 6.13. The van der Waals surface area contributed by atoms with Crippen LogP contribution in [0.2, 0.25) is 32.2 Å². The highest BCUT2D eigenvalue weighted by molar-refractivity contribution is 7.38. The first-order chi connectivity index (χ1) is 7.82. The van der Waals surface area contributed by atoms with Gasteiger partial charge in [0, 0.05) is 0 Å². The Morgan fingerprint density at radius 1 is 1.12 bits per heavy atom. The molecule has 4 heteroatoms. The van der Waals surface area contributed by atoms with Crippen molar-refractivity contribution in [1.29, 1.82) is 0 Å². The van der Waals surface area contributed by atoms with Crippen molar-refractivity contribution >= 4 is 15.4 Å².